The Kier molecular flexibility index (Phi) is 5.09. The van der Waals surface area contributed by atoms with Crippen LogP contribution in [0.2, 0.25) is 0 Å². The summed E-state index contributed by atoms with van der Waals surface area (Å²) in [4.78, 5) is 14.9. The Morgan fingerprint density at radius 1 is 1.50 bits per heavy atom. The number of hydrogen-bond donors (Lipinski definition) is 2. The molecule has 0 radical (unpaired) electrons. The first-order valence-corrected chi connectivity index (χ1v) is 7.44. The van der Waals surface area contributed by atoms with Crippen molar-refractivity contribution >= 4 is 23.1 Å². The van der Waals surface area contributed by atoms with Crippen molar-refractivity contribution in [3.63, 3.8) is 0 Å². The molecule has 0 bridgehead atoms. The predicted molar refractivity (Wildman–Crippen MR) is 84.9 cm³/mol. The van der Waals surface area contributed by atoms with Crippen molar-refractivity contribution in [1.82, 2.24) is 10.2 Å². The van der Waals surface area contributed by atoms with Crippen LogP contribution in [0.3, 0.4) is 0 Å². The summed E-state index contributed by atoms with van der Waals surface area (Å²) in [7, 11) is 0. The second kappa shape index (κ2) is 6.81. The highest BCUT2D eigenvalue weighted by molar-refractivity contribution is 7.80. The van der Waals surface area contributed by atoms with Gasteiger partial charge in [0.25, 0.3) is 5.91 Å². The minimum Gasteiger partial charge on any atom is -0.389 e. The van der Waals surface area contributed by atoms with Crippen molar-refractivity contribution in [2.24, 2.45) is 5.73 Å². The van der Waals surface area contributed by atoms with E-state index in [1.165, 1.54) is 0 Å². The molecule has 1 atom stereocenters. The van der Waals surface area contributed by atoms with E-state index in [0.29, 0.717) is 10.6 Å². The molecule has 1 aromatic carbocycles. The molecule has 2 rings (SSSR count). The van der Waals surface area contributed by atoms with Crippen molar-refractivity contribution in [3.05, 3.63) is 35.4 Å². The fraction of sp³-hybridized carbons (Fsp3) is 0.467. The largest absolute Gasteiger partial charge is 0.389 e. The molecule has 1 amide bonds. The van der Waals surface area contributed by atoms with Crippen molar-refractivity contribution in [2.75, 3.05) is 19.6 Å². The smallest absolute Gasteiger partial charge is 0.251 e. The first-order chi connectivity index (χ1) is 9.60. The topological polar surface area (TPSA) is 58.4 Å². The molecule has 108 valence electrons. The van der Waals surface area contributed by atoms with Gasteiger partial charge < -0.3 is 16.0 Å². The number of carbonyl (C=O) groups is 1. The molecule has 3 N–H and O–H groups in total. The summed E-state index contributed by atoms with van der Waals surface area (Å²) in [6.07, 6.45) is 2.17. The average molecular weight is 291 g/mol. The Morgan fingerprint density at radius 2 is 2.25 bits per heavy atom. The molecule has 0 aliphatic carbocycles. The molecule has 1 aliphatic rings. The van der Waals surface area contributed by atoms with Gasteiger partial charge in [-0.2, -0.15) is 0 Å². The second-order valence-corrected chi connectivity index (χ2v) is 5.59. The van der Waals surface area contributed by atoms with E-state index < -0.39 is 0 Å². The van der Waals surface area contributed by atoms with Crippen LogP contribution in [-0.2, 0) is 0 Å². The lowest BCUT2D eigenvalue weighted by atomic mass is 10.0. The molecule has 1 unspecified atom stereocenters. The Hall–Kier alpha value is -1.46. The van der Waals surface area contributed by atoms with Gasteiger partial charge in [-0.25, -0.2) is 0 Å². The van der Waals surface area contributed by atoms with Gasteiger partial charge in [-0.05, 0) is 38.1 Å². The lowest BCUT2D eigenvalue weighted by Gasteiger charge is -2.32. The fourth-order valence-electron chi connectivity index (χ4n) is 2.54. The number of benzene rings is 1. The molecule has 1 saturated heterocycles. The van der Waals surface area contributed by atoms with Gasteiger partial charge in [-0.3, -0.25) is 4.79 Å². The van der Waals surface area contributed by atoms with E-state index in [4.69, 9.17) is 18.0 Å². The predicted octanol–water partition coefficient (Wildman–Crippen LogP) is 1.53. The number of likely N-dealkylation sites (tertiary alicyclic amines) is 1. The molecule has 1 aromatic rings. The van der Waals surface area contributed by atoms with Gasteiger partial charge in [-0.15, -0.1) is 0 Å². The molecule has 0 spiro atoms. The molecule has 5 heteroatoms. The van der Waals surface area contributed by atoms with Crippen LogP contribution in [0, 0.1) is 0 Å². The Bertz CT molecular complexity index is 504. The third-order valence-electron chi connectivity index (χ3n) is 3.70. The van der Waals surface area contributed by atoms with Gasteiger partial charge in [0.05, 0.1) is 0 Å². The zero-order chi connectivity index (χ0) is 14.5. The number of thiocarbonyl (C=S) groups is 1. The number of likely N-dealkylation sites (N-methyl/N-ethyl adjacent to an activating group) is 1. The first-order valence-electron chi connectivity index (χ1n) is 7.03. The standard InChI is InChI=1S/C15H21N3OS/c1-2-18-8-4-7-13(10-18)17-15(19)12-6-3-5-11(9-12)14(16)20/h3,5-6,9,13H,2,4,7-8,10H2,1H3,(H2,16,20)(H,17,19). The molecule has 0 saturated carbocycles. The highest BCUT2D eigenvalue weighted by Gasteiger charge is 2.20. The van der Waals surface area contributed by atoms with Crippen LogP contribution in [0.4, 0.5) is 0 Å². The molecule has 4 nitrogen and oxygen atoms in total. The third kappa shape index (κ3) is 3.77. The van der Waals surface area contributed by atoms with Crippen molar-refractivity contribution < 1.29 is 4.79 Å². The van der Waals surface area contributed by atoms with Crippen LogP contribution in [0.5, 0.6) is 0 Å². The van der Waals surface area contributed by atoms with E-state index in [-0.39, 0.29) is 11.9 Å². The lowest BCUT2D eigenvalue weighted by molar-refractivity contribution is 0.0906. The van der Waals surface area contributed by atoms with E-state index in [0.717, 1.165) is 38.0 Å². The highest BCUT2D eigenvalue weighted by Crippen LogP contribution is 2.11. The van der Waals surface area contributed by atoms with Crippen molar-refractivity contribution in [1.29, 1.82) is 0 Å². The number of nitrogens with two attached hydrogens (primary N) is 1. The van der Waals surface area contributed by atoms with Gasteiger partial charge in [0.15, 0.2) is 0 Å². The molecule has 20 heavy (non-hydrogen) atoms. The van der Waals surface area contributed by atoms with E-state index in [1.807, 2.05) is 12.1 Å². The molecular weight excluding hydrogens is 270 g/mol. The van der Waals surface area contributed by atoms with Crippen molar-refractivity contribution in [3.8, 4) is 0 Å². The van der Waals surface area contributed by atoms with Gasteiger partial charge in [0.2, 0.25) is 0 Å². The maximum atomic E-state index is 12.3. The van der Waals surface area contributed by atoms with E-state index >= 15 is 0 Å². The van der Waals surface area contributed by atoms with Crippen LogP contribution < -0.4 is 11.1 Å². The zero-order valence-corrected chi connectivity index (χ0v) is 12.6. The Labute approximate surface area is 125 Å². The maximum absolute atomic E-state index is 12.3. The maximum Gasteiger partial charge on any atom is 0.251 e. The number of nitrogens with one attached hydrogen (secondary N) is 1. The Balaban J connectivity index is 2.01. The summed E-state index contributed by atoms with van der Waals surface area (Å²) < 4.78 is 0. The summed E-state index contributed by atoms with van der Waals surface area (Å²) in [5.74, 6) is -0.0500. The zero-order valence-electron chi connectivity index (χ0n) is 11.8. The summed E-state index contributed by atoms with van der Waals surface area (Å²) in [6.45, 7) is 5.23. The normalized spacial score (nSPS) is 19.6. The summed E-state index contributed by atoms with van der Waals surface area (Å²) in [5.41, 5.74) is 6.94. The summed E-state index contributed by atoms with van der Waals surface area (Å²) in [6, 6.07) is 7.39. The van der Waals surface area contributed by atoms with Gasteiger partial charge in [-0.1, -0.05) is 31.3 Å². The van der Waals surface area contributed by atoms with Crippen LogP contribution in [0.1, 0.15) is 35.7 Å². The van der Waals surface area contributed by atoms with E-state index in [2.05, 4.69) is 17.1 Å². The number of hydrogen-bond acceptors (Lipinski definition) is 3. The van der Waals surface area contributed by atoms with E-state index in [1.54, 1.807) is 12.1 Å². The minimum absolute atomic E-state index is 0.0500. The Morgan fingerprint density at radius 3 is 2.95 bits per heavy atom. The van der Waals surface area contributed by atoms with Gasteiger partial charge >= 0.3 is 0 Å². The van der Waals surface area contributed by atoms with Crippen LogP contribution in [-0.4, -0.2) is 41.5 Å². The number of piperidine rings is 1. The molecular formula is C15H21N3OS. The fourth-order valence-corrected chi connectivity index (χ4v) is 2.67. The minimum atomic E-state index is -0.0500. The van der Waals surface area contributed by atoms with Gasteiger partial charge in [0.1, 0.15) is 4.99 Å². The summed E-state index contributed by atoms with van der Waals surface area (Å²) in [5, 5.41) is 3.10. The number of nitrogens with zero attached hydrogens (tertiary/aromatic N) is 1. The van der Waals surface area contributed by atoms with Crippen molar-refractivity contribution in [2.45, 2.75) is 25.8 Å². The summed E-state index contributed by atoms with van der Waals surface area (Å²) >= 11 is 4.94. The van der Waals surface area contributed by atoms with Crippen LogP contribution in [0.25, 0.3) is 0 Å². The van der Waals surface area contributed by atoms with Gasteiger partial charge in [0, 0.05) is 23.7 Å². The van der Waals surface area contributed by atoms with E-state index in [9.17, 15) is 4.79 Å². The average Bonchev–Trinajstić information content (AvgIpc) is 2.47. The molecule has 1 heterocycles. The number of carbonyl (C=O) groups excluding carboxylic acids is 1. The van der Waals surface area contributed by atoms with Crippen LogP contribution >= 0.6 is 12.2 Å². The quantitative estimate of drug-likeness (QED) is 0.826. The first kappa shape index (κ1) is 14.9. The number of rotatable bonds is 4. The SMILES string of the molecule is CCN1CCCC(NC(=O)c2cccc(C(N)=S)c2)C1. The third-order valence-corrected chi connectivity index (χ3v) is 3.93. The highest BCUT2D eigenvalue weighted by atomic mass is 32.1. The molecule has 1 aliphatic heterocycles. The van der Waals surface area contributed by atoms with Crippen LogP contribution in [0.15, 0.2) is 24.3 Å². The number of amides is 1. The molecule has 0 aromatic heterocycles. The monoisotopic (exact) mass is 291 g/mol. The second-order valence-electron chi connectivity index (χ2n) is 5.15. The lowest BCUT2D eigenvalue weighted by Crippen LogP contribution is -2.47. The molecule has 1 fully saturated rings.